The fourth-order valence-electron chi connectivity index (χ4n) is 7.76. The van der Waals surface area contributed by atoms with Crippen molar-refractivity contribution >= 4 is 0 Å². The molecule has 1 saturated carbocycles. The lowest BCUT2D eigenvalue weighted by Gasteiger charge is -2.50. The van der Waals surface area contributed by atoms with E-state index < -0.39 is 67.1 Å². The van der Waals surface area contributed by atoms with Gasteiger partial charge in [-0.1, -0.05) is 44.9 Å². The Morgan fingerprint density at radius 2 is 1.78 bits per heavy atom. The lowest BCUT2D eigenvalue weighted by Crippen LogP contribution is -2.65. The fraction of sp³-hybridized carbons (Fsp3) is 0.867. The second-order valence-corrected chi connectivity index (χ2v) is 13.5. The van der Waals surface area contributed by atoms with Crippen LogP contribution in [0.3, 0.4) is 0 Å². The van der Waals surface area contributed by atoms with Gasteiger partial charge in [-0.15, -0.1) is 13.2 Å². The topological polar surface area (TPSA) is 107 Å². The Morgan fingerprint density at radius 1 is 1.07 bits per heavy atom. The van der Waals surface area contributed by atoms with Gasteiger partial charge in [-0.3, -0.25) is 4.74 Å². The summed E-state index contributed by atoms with van der Waals surface area (Å²) in [5, 5.41) is 34.0. The number of hydrogen-bond donors (Lipinski definition) is 3. The highest BCUT2D eigenvalue weighted by atomic mass is 19.4. The quantitative estimate of drug-likeness (QED) is 0.409. The maximum absolute atomic E-state index is 13.0. The van der Waals surface area contributed by atoms with Crippen LogP contribution in [0.2, 0.25) is 0 Å². The summed E-state index contributed by atoms with van der Waals surface area (Å²) in [4.78, 5) is 0. The molecule has 3 fully saturated rings. The largest absolute Gasteiger partial charge is 0.522 e. The number of allylic oxidation sites excluding steroid dienone is 2. The highest BCUT2D eigenvalue weighted by Gasteiger charge is 2.55. The molecule has 5 aliphatic rings. The van der Waals surface area contributed by atoms with Crippen molar-refractivity contribution in [2.75, 3.05) is 13.2 Å². The van der Waals surface area contributed by atoms with E-state index in [-0.39, 0.29) is 30.3 Å². The molecule has 11 heteroatoms. The maximum Gasteiger partial charge on any atom is 0.522 e. The molecule has 3 N–H and O–H groups in total. The first-order chi connectivity index (χ1) is 19.0. The zero-order valence-electron chi connectivity index (χ0n) is 24.7. The minimum Gasteiger partial charge on any atom is -0.390 e. The molecular weight excluding hydrogens is 545 g/mol. The number of halogens is 3. The first-order valence-electron chi connectivity index (χ1n) is 14.8. The van der Waals surface area contributed by atoms with Crippen molar-refractivity contribution in [3.05, 3.63) is 22.8 Å². The van der Waals surface area contributed by atoms with E-state index in [4.69, 9.17) is 18.9 Å². The number of fused-ring (bicyclic) bond motifs is 3. The number of aliphatic hydroxyl groups excluding tert-OH is 3. The molecule has 5 rings (SSSR count). The molecule has 0 bridgehead atoms. The summed E-state index contributed by atoms with van der Waals surface area (Å²) < 4.78 is 67.3. The minimum atomic E-state index is -4.70. The van der Waals surface area contributed by atoms with Gasteiger partial charge in [-0.05, 0) is 62.9 Å². The van der Waals surface area contributed by atoms with E-state index >= 15 is 0 Å². The van der Waals surface area contributed by atoms with Crippen LogP contribution in [-0.2, 0) is 23.7 Å². The highest BCUT2D eigenvalue weighted by Crippen LogP contribution is 2.56. The summed E-state index contributed by atoms with van der Waals surface area (Å²) >= 11 is 0. The van der Waals surface area contributed by atoms with Gasteiger partial charge in [-0.2, -0.15) is 0 Å². The molecule has 2 heterocycles. The SMILES string of the molecule is CC(C)C1=C2[C@@H](O[C@H]3O[C@@H]4COC(C)(C)O[C@H]4[C@H](O)[C@H]3O)[C@H](O)[C@H](C)[C@@H]3CC[C@H](COC(F)(F)F)/C3=C/[C@@]2(C)CC1. The Labute approximate surface area is 239 Å². The minimum absolute atomic E-state index is 0.136. The number of ether oxygens (including phenoxy) is 5. The van der Waals surface area contributed by atoms with E-state index in [9.17, 15) is 28.5 Å². The van der Waals surface area contributed by atoms with E-state index in [2.05, 4.69) is 31.6 Å². The summed E-state index contributed by atoms with van der Waals surface area (Å²) in [6, 6.07) is 0. The van der Waals surface area contributed by atoms with Crippen molar-refractivity contribution in [2.24, 2.45) is 29.1 Å². The van der Waals surface area contributed by atoms with Crippen molar-refractivity contribution < 1.29 is 52.2 Å². The molecule has 0 aromatic rings. The van der Waals surface area contributed by atoms with Crippen LogP contribution in [0, 0.1) is 29.1 Å². The summed E-state index contributed by atoms with van der Waals surface area (Å²) in [6.07, 6.45) is -7.31. The molecule has 0 aromatic heterocycles. The van der Waals surface area contributed by atoms with Crippen LogP contribution in [0.4, 0.5) is 13.2 Å². The third-order valence-corrected chi connectivity index (χ3v) is 9.94. The molecule has 8 nitrogen and oxygen atoms in total. The average molecular weight is 591 g/mol. The smallest absolute Gasteiger partial charge is 0.390 e. The molecule has 0 amide bonds. The highest BCUT2D eigenvalue weighted by molar-refractivity contribution is 5.41. The van der Waals surface area contributed by atoms with Gasteiger partial charge < -0.3 is 34.3 Å². The molecule has 2 aliphatic heterocycles. The molecule has 0 aromatic carbocycles. The zero-order chi connectivity index (χ0) is 30.1. The molecule has 0 spiro atoms. The van der Waals surface area contributed by atoms with Crippen LogP contribution in [0.15, 0.2) is 22.8 Å². The molecule has 0 radical (unpaired) electrons. The van der Waals surface area contributed by atoms with Crippen molar-refractivity contribution in [2.45, 2.75) is 122 Å². The van der Waals surface area contributed by atoms with Crippen LogP contribution in [0.5, 0.6) is 0 Å². The van der Waals surface area contributed by atoms with Gasteiger partial charge in [0.25, 0.3) is 0 Å². The zero-order valence-corrected chi connectivity index (χ0v) is 24.7. The predicted molar refractivity (Wildman–Crippen MR) is 141 cm³/mol. The lowest BCUT2D eigenvalue weighted by atomic mass is 9.68. The van der Waals surface area contributed by atoms with Crippen LogP contribution >= 0.6 is 0 Å². The van der Waals surface area contributed by atoms with Gasteiger partial charge in [0.15, 0.2) is 12.1 Å². The van der Waals surface area contributed by atoms with Gasteiger partial charge >= 0.3 is 6.36 Å². The number of hydrogen-bond acceptors (Lipinski definition) is 8. The summed E-state index contributed by atoms with van der Waals surface area (Å²) in [5.74, 6) is -1.69. The molecule has 3 aliphatic carbocycles. The standard InChI is InChI=1S/C30H45F3O8/c1-14(2)17-9-10-29(6)11-19-16(12-38-30(31,32)33)7-8-18(19)15(3)22(34)26(21(17)29)40-27-24(36)23(35)25-20(39-27)13-37-28(4,5)41-25/h11,14-16,18,20,22-27,34-36H,7-10,12-13H2,1-6H3/b19-11-/t15-,16-,18+,20-,22-,23-,24-,25-,26-,27-,29-/m1/s1. The maximum atomic E-state index is 13.0. The van der Waals surface area contributed by atoms with Crippen LogP contribution in [0.25, 0.3) is 0 Å². The van der Waals surface area contributed by atoms with Crippen LogP contribution in [-0.4, -0.2) is 83.6 Å². The Bertz CT molecular complexity index is 1040. The molecule has 234 valence electrons. The summed E-state index contributed by atoms with van der Waals surface area (Å²) in [5.41, 5.74) is 2.33. The molecule has 2 saturated heterocycles. The van der Waals surface area contributed by atoms with E-state index in [1.807, 2.05) is 6.92 Å². The Hall–Kier alpha value is -1.05. The monoisotopic (exact) mass is 590 g/mol. The first kappa shape index (κ1) is 31.4. The van der Waals surface area contributed by atoms with Crippen LogP contribution in [0.1, 0.15) is 67.2 Å². The average Bonchev–Trinajstić information content (AvgIpc) is 3.43. The molecule has 0 unspecified atom stereocenters. The normalized spacial score (nSPS) is 45.9. The third kappa shape index (κ3) is 6.02. The molecule has 11 atom stereocenters. The Balaban J connectivity index is 1.49. The van der Waals surface area contributed by atoms with Crippen molar-refractivity contribution in [3.8, 4) is 0 Å². The number of alkyl halides is 3. The molecule has 41 heavy (non-hydrogen) atoms. The Kier molecular flexibility index (Phi) is 8.53. The van der Waals surface area contributed by atoms with Crippen molar-refractivity contribution in [3.63, 3.8) is 0 Å². The van der Waals surface area contributed by atoms with Gasteiger partial charge in [0.05, 0.1) is 19.3 Å². The van der Waals surface area contributed by atoms with Gasteiger partial charge in [-0.25, -0.2) is 0 Å². The molecular formula is C30H45F3O8. The second-order valence-electron chi connectivity index (χ2n) is 13.5. The number of aliphatic hydroxyl groups is 3. The van der Waals surface area contributed by atoms with Gasteiger partial charge in [0.2, 0.25) is 0 Å². The van der Waals surface area contributed by atoms with E-state index in [1.165, 1.54) is 0 Å². The summed E-state index contributed by atoms with van der Waals surface area (Å²) in [7, 11) is 0. The Morgan fingerprint density at radius 3 is 2.44 bits per heavy atom. The predicted octanol–water partition coefficient (Wildman–Crippen LogP) is 4.22. The van der Waals surface area contributed by atoms with Crippen molar-refractivity contribution in [1.82, 2.24) is 0 Å². The third-order valence-electron chi connectivity index (χ3n) is 9.94. The van der Waals surface area contributed by atoms with E-state index in [0.717, 1.165) is 29.6 Å². The first-order valence-corrected chi connectivity index (χ1v) is 14.8. The van der Waals surface area contributed by atoms with E-state index in [0.29, 0.717) is 12.8 Å². The fourth-order valence-corrected chi connectivity index (χ4v) is 7.76. The number of rotatable bonds is 5. The van der Waals surface area contributed by atoms with Crippen LogP contribution < -0.4 is 0 Å². The second kappa shape index (κ2) is 11.1. The van der Waals surface area contributed by atoms with E-state index in [1.54, 1.807) is 13.8 Å². The van der Waals surface area contributed by atoms with Crippen molar-refractivity contribution in [1.29, 1.82) is 0 Å². The summed E-state index contributed by atoms with van der Waals surface area (Å²) in [6.45, 7) is 11.2. The van der Waals surface area contributed by atoms with Gasteiger partial charge in [0, 0.05) is 11.3 Å². The lowest BCUT2D eigenvalue weighted by molar-refractivity contribution is -0.387. The van der Waals surface area contributed by atoms with Gasteiger partial charge in [0.1, 0.15) is 30.5 Å².